The summed E-state index contributed by atoms with van der Waals surface area (Å²) in [6.07, 6.45) is 7.53. The molecule has 0 radical (unpaired) electrons. The van der Waals surface area contributed by atoms with Crippen LogP contribution in [0, 0.1) is 11.8 Å². The van der Waals surface area contributed by atoms with Crippen molar-refractivity contribution in [1.82, 2.24) is 4.90 Å². The Bertz CT molecular complexity index is 1300. The summed E-state index contributed by atoms with van der Waals surface area (Å²) in [5, 5.41) is 11.3. The summed E-state index contributed by atoms with van der Waals surface area (Å²) in [6.45, 7) is 8.66. The van der Waals surface area contributed by atoms with Crippen molar-refractivity contribution < 1.29 is 24.2 Å². The first kappa shape index (κ1) is 28.4. The van der Waals surface area contributed by atoms with Crippen LogP contribution in [0.4, 0.5) is 5.69 Å². The van der Waals surface area contributed by atoms with Gasteiger partial charge in [0.05, 0.1) is 23.2 Å². The Morgan fingerprint density at radius 1 is 1.12 bits per heavy atom. The number of rotatable bonds is 13. The fourth-order valence-corrected chi connectivity index (χ4v) is 9.00. The molecular formula is C32H38N2O5S. The molecule has 0 aromatic heterocycles. The topological polar surface area (TPSA) is 87.2 Å². The third kappa shape index (κ3) is 4.96. The van der Waals surface area contributed by atoms with E-state index in [1.807, 2.05) is 42.5 Å². The number of hydrogen-bond acceptors (Lipinski definition) is 6. The fourth-order valence-electron chi connectivity index (χ4n) is 6.79. The second kappa shape index (κ2) is 12.2. The molecule has 2 aromatic carbocycles. The first-order chi connectivity index (χ1) is 19.5. The number of ether oxygens (including phenoxy) is 1. The number of likely N-dealkylation sites (tertiary alicyclic amines) is 1. The Hall–Kier alpha value is -3.10. The standard InChI is InChI=1S/C32H38N2O5S/c1-3-5-20-39-31(38)26-25-15-16-32(40-25)27(26)29(36)34(18-9-6-10-19-35)28(32)30(37)33(17-4-2)24-14-13-22-11-7-8-12-23(22)21-24/h3-4,7-8,11-14,21,25-28,35H,1-2,5-6,9-10,15-20H2/t25-,26+,27-,28?,32?/m0/s1. The Morgan fingerprint density at radius 3 is 2.67 bits per heavy atom. The first-order valence-electron chi connectivity index (χ1n) is 14.2. The molecule has 8 heteroatoms. The Morgan fingerprint density at radius 2 is 1.93 bits per heavy atom. The van der Waals surface area contributed by atoms with Crippen LogP contribution < -0.4 is 4.90 Å². The van der Waals surface area contributed by atoms with Gasteiger partial charge in [-0.05, 0) is 61.4 Å². The van der Waals surface area contributed by atoms with Crippen LogP contribution >= 0.6 is 11.8 Å². The average molecular weight is 563 g/mol. The van der Waals surface area contributed by atoms with E-state index in [2.05, 4.69) is 13.2 Å². The van der Waals surface area contributed by atoms with E-state index in [0.717, 1.165) is 29.3 Å². The van der Waals surface area contributed by atoms with Crippen molar-refractivity contribution in [3.05, 3.63) is 67.8 Å². The van der Waals surface area contributed by atoms with Crippen LogP contribution in [0.25, 0.3) is 10.8 Å². The van der Waals surface area contributed by atoms with Gasteiger partial charge in [0.1, 0.15) is 6.04 Å². The molecule has 2 aromatic rings. The fraction of sp³-hybridized carbons (Fsp3) is 0.469. The molecule has 5 rings (SSSR count). The predicted molar refractivity (Wildman–Crippen MR) is 159 cm³/mol. The minimum Gasteiger partial charge on any atom is -0.465 e. The van der Waals surface area contributed by atoms with Gasteiger partial charge in [-0.25, -0.2) is 0 Å². The van der Waals surface area contributed by atoms with Crippen molar-refractivity contribution in [1.29, 1.82) is 0 Å². The molecule has 3 heterocycles. The molecule has 1 N–H and O–H groups in total. The Labute approximate surface area is 240 Å². The third-order valence-electron chi connectivity index (χ3n) is 8.55. The van der Waals surface area contributed by atoms with E-state index >= 15 is 0 Å². The number of thioether (sulfide) groups is 1. The second-order valence-electron chi connectivity index (χ2n) is 10.9. The van der Waals surface area contributed by atoms with Crippen LogP contribution in [0.3, 0.4) is 0 Å². The van der Waals surface area contributed by atoms with Gasteiger partial charge in [-0.1, -0.05) is 42.5 Å². The largest absolute Gasteiger partial charge is 0.465 e. The molecule has 5 atom stereocenters. The van der Waals surface area contributed by atoms with Gasteiger partial charge < -0.3 is 19.6 Å². The van der Waals surface area contributed by atoms with Gasteiger partial charge in [0, 0.05) is 30.6 Å². The first-order valence-corrected chi connectivity index (χ1v) is 15.1. The molecule has 3 fully saturated rings. The number of aliphatic hydroxyl groups excluding tert-OH is 1. The van der Waals surface area contributed by atoms with Gasteiger partial charge in [-0.15, -0.1) is 24.9 Å². The SMILES string of the molecule is C=CCCOC(=O)[C@@H]1[C@@H]2CCC3(S2)C(C(=O)N(CC=C)c2ccc4ccccc4c2)N(CCCCCO)C(=O)[C@H]13. The van der Waals surface area contributed by atoms with Crippen molar-refractivity contribution in [2.45, 2.75) is 54.6 Å². The average Bonchev–Trinajstić information content (AvgIpc) is 3.61. The lowest BCUT2D eigenvalue weighted by atomic mass is 9.71. The number of unbranched alkanes of at least 4 members (excludes halogenated alkanes) is 2. The highest BCUT2D eigenvalue weighted by Crippen LogP contribution is 2.66. The summed E-state index contributed by atoms with van der Waals surface area (Å²) in [5.41, 5.74) is 0.758. The highest BCUT2D eigenvalue weighted by Gasteiger charge is 2.74. The van der Waals surface area contributed by atoms with E-state index in [4.69, 9.17) is 4.74 Å². The molecule has 1 spiro atoms. The lowest BCUT2D eigenvalue weighted by Gasteiger charge is -2.37. The minimum atomic E-state index is -0.688. The van der Waals surface area contributed by atoms with Crippen molar-refractivity contribution >= 4 is 46.0 Å². The zero-order chi connectivity index (χ0) is 28.3. The van der Waals surface area contributed by atoms with Crippen molar-refractivity contribution in [3.8, 4) is 0 Å². The van der Waals surface area contributed by atoms with Crippen LogP contribution in [0.15, 0.2) is 67.8 Å². The number of carbonyl (C=O) groups excluding carboxylic acids is 3. The predicted octanol–water partition coefficient (Wildman–Crippen LogP) is 4.73. The van der Waals surface area contributed by atoms with Gasteiger partial charge in [0.15, 0.2) is 0 Å². The molecule has 212 valence electrons. The molecule has 40 heavy (non-hydrogen) atoms. The maximum atomic E-state index is 14.6. The number of aliphatic hydroxyl groups is 1. The summed E-state index contributed by atoms with van der Waals surface area (Å²) in [4.78, 5) is 45.5. The van der Waals surface area contributed by atoms with E-state index in [9.17, 15) is 19.5 Å². The smallest absolute Gasteiger partial charge is 0.310 e. The highest BCUT2D eigenvalue weighted by atomic mass is 32.2. The van der Waals surface area contributed by atoms with E-state index in [1.54, 1.807) is 33.7 Å². The number of carbonyl (C=O) groups is 3. The van der Waals surface area contributed by atoms with Gasteiger partial charge >= 0.3 is 5.97 Å². The quantitative estimate of drug-likeness (QED) is 0.216. The zero-order valence-electron chi connectivity index (χ0n) is 22.9. The monoisotopic (exact) mass is 562 g/mol. The van der Waals surface area contributed by atoms with Crippen LogP contribution in [-0.2, 0) is 19.1 Å². The number of anilines is 1. The normalized spacial score (nSPS) is 26.6. The van der Waals surface area contributed by atoms with Crippen LogP contribution in [0.2, 0.25) is 0 Å². The lowest BCUT2D eigenvalue weighted by molar-refractivity contribution is -0.154. The van der Waals surface area contributed by atoms with Crippen molar-refractivity contribution in [3.63, 3.8) is 0 Å². The Kier molecular flexibility index (Phi) is 8.66. The molecular weight excluding hydrogens is 524 g/mol. The summed E-state index contributed by atoms with van der Waals surface area (Å²) in [6, 6.07) is 13.3. The number of nitrogens with zero attached hydrogens (tertiary/aromatic N) is 2. The van der Waals surface area contributed by atoms with Crippen molar-refractivity contribution in [2.75, 3.05) is 31.2 Å². The van der Waals surface area contributed by atoms with Crippen molar-refractivity contribution in [2.24, 2.45) is 11.8 Å². The van der Waals surface area contributed by atoms with Crippen LogP contribution in [0.5, 0.6) is 0 Å². The molecule has 0 aliphatic carbocycles. The summed E-state index contributed by atoms with van der Waals surface area (Å²) >= 11 is 1.65. The third-order valence-corrected chi connectivity index (χ3v) is 10.5. The van der Waals surface area contributed by atoms with E-state index < -0.39 is 22.6 Å². The molecule has 2 bridgehead atoms. The van der Waals surface area contributed by atoms with E-state index in [0.29, 0.717) is 38.8 Å². The molecule has 3 saturated heterocycles. The molecule has 3 aliphatic rings. The number of benzene rings is 2. The maximum Gasteiger partial charge on any atom is 0.310 e. The number of esters is 1. The van der Waals surface area contributed by atoms with Gasteiger partial charge in [0.25, 0.3) is 5.91 Å². The highest BCUT2D eigenvalue weighted by molar-refractivity contribution is 8.02. The van der Waals surface area contributed by atoms with E-state index in [1.165, 1.54) is 0 Å². The summed E-state index contributed by atoms with van der Waals surface area (Å²) in [7, 11) is 0. The van der Waals surface area contributed by atoms with E-state index in [-0.39, 0.29) is 36.2 Å². The minimum absolute atomic E-state index is 0.0365. The van der Waals surface area contributed by atoms with Gasteiger partial charge in [-0.2, -0.15) is 0 Å². The van der Waals surface area contributed by atoms with Crippen LogP contribution in [-0.4, -0.2) is 70.1 Å². The Balaban J connectivity index is 1.51. The van der Waals surface area contributed by atoms with Gasteiger partial charge in [0.2, 0.25) is 5.91 Å². The number of amides is 2. The summed E-state index contributed by atoms with van der Waals surface area (Å²) in [5.74, 6) is -1.74. The molecule has 3 aliphatic heterocycles. The molecule has 0 saturated carbocycles. The molecule has 7 nitrogen and oxygen atoms in total. The number of fused-ring (bicyclic) bond motifs is 2. The molecule has 2 unspecified atom stereocenters. The number of hydrogen-bond donors (Lipinski definition) is 1. The maximum absolute atomic E-state index is 14.6. The van der Waals surface area contributed by atoms with Crippen LogP contribution in [0.1, 0.15) is 38.5 Å². The second-order valence-corrected chi connectivity index (χ2v) is 12.5. The lowest BCUT2D eigenvalue weighted by Crippen LogP contribution is -2.55. The zero-order valence-corrected chi connectivity index (χ0v) is 23.7. The van der Waals surface area contributed by atoms with Gasteiger partial charge in [-0.3, -0.25) is 14.4 Å². The summed E-state index contributed by atoms with van der Waals surface area (Å²) < 4.78 is 4.91. The molecule has 2 amide bonds.